The number of alkyl carbamates (subject to hydrolysis) is 2. The number of carbonyl (C=O) groups is 4. The summed E-state index contributed by atoms with van der Waals surface area (Å²) in [6.45, 7) is 5.56. The summed E-state index contributed by atoms with van der Waals surface area (Å²) >= 11 is 0. The minimum Gasteiger partial charge on any atom is -0.453 e. The highest BCUT2D eigenvalue weighted by molar-refractivity contribution is 5.91. The molecule has 9 rings (SSSR count). The fourth-order valence-electron chi connectivity index (χ4n) is 10.1. The average molecular weight is 869 g/mol. The molecule has 64 heavy (non-hydrogen) atoms. The number of carbonyl (C=O) groups excluding carboxylic acids is 4. The van der Waals surface area contributed by atoms with E-state index in [-0.39, 0.29) is 35.7 Å². The maximum atomic E-state index is 14.1. The Kier molecular flexibility index (Phi) is 12.5. The van der Waals surface area contributed by atoms with Crippen LogP contribution in [0.25, 0.3) is 44.4 Å². The number of fused-ring (bicyclic) bond motifs is 1. The Morgan fingerprint density at radius 3 is 1.45 bits per heavy atom. The number of imidazole rings is 2. The number of hydrogen-bond donors (Lipinski definition) is 4. The number of amides is 4. The van der Waals surface area contributed by atoms with Gasteiger partial charge in [0, 0.05) is 18.7 Å². The number of benzene rings is 3. The predicted molar refractivity (Wildman–Crippen MR) is 244 cm³/mol. The third kappa shape index (κ3) is 8.83. The lowest BCUT2D eigenvalue weighted by atomic mass is 9.78. The van der Waals surface area contributed by atoms with Gasteiger partial charge in [-0.25, -0.2) is 19.6 Å². The first kappa shape index (κ1) is 43.1. The van der Waals surface area contributed by atoms with Crippen LogP contribution in [-0.4, -0.2) is 93.1 Å². The van der Waals surface area contributed by atoms with E-state index in [0.29, 0.717) is 24.9 Å². The molecule has 2 saturated carbocycles. The van der Waals surface area contributed by atoms with Gasteiger partial charge in [-0.05, 0) is 115 Å². The van der Waals surface area contributed by atoms with Crippen molar-refractivity contribution >= 4 is 34.8 Å². The van der Waals surface area contributed by atoms with E-state index in [4.69, 9.17) is 19.4 Å². The van der Waals surface area contributed by atoms with E-state index < -0.39 is 24.3 Å². The normalized spacial score (nSPS) is 22.5. The molecule has 2 aromatic heterocycles. The lowest BCUT2D eigenvalue weighted by Crippen LogP contribution is -2.56. The number of aromatic amines is 2. The third-order valence-corrected chi connectivity index (χ3v) is 14.4. The average Bonchev–Trinajstić information content (AvgIpc) is 3.98. The zero-order chi connectivity index (χ0) is 44.5. The molecular formula is C50H60N8O6. The van der Waals surface area contributed by atoms with Crippen molar-refractivity contribution in [2.24, 2.45) is 23.7 Å². The summed E-state index contributed by atoms with van der Waals surface area (Å²) < 4.78 is 9.77. The molecule has 4 fully saturated rings. The number of rotatable bonds is 11. The molecular weight excluding hydrogens is 809 g/mol. The molecule has 4 heterocycles. The summed E-state index contributed by atoms with van der Waals surface area (Å²) in [6, 6.07) is 19.7. The molecule has 0 spiro atoms. The maximum Gasteiger partial charge on any atom is 0.407 e. The predicted octanol–water partition coefficient (Wildman–Crippen LogP) is 8.94. The molecule has 3 aromatic carbocycles. The standard InChI is InChI=1S/C50H60N8O6/c1-29-11-21-41(57(27-29)47(59)43(33-7-5-8-33)55-49(61)63-3)45-51-25-39(53-45)32-15-13-31(14-16-32)35-17-18-37-24-38(20-19-36(37)23-35)40-26-52-46(54-40)42-22-12-30(2)28-58(42)48(60)44(34-9-6-10-34)56-50(62)64-4/h13-20,23-26,29-30,33-34,41-44H,5-12,21-22,27-28H2,1-4H3,(H,51,53)(H,52,54)(H,55,61)(H,56,62)/t29-,30-,41-,42-,43-,44-/m0/s1. The number of nitrogens with one attached hydrogen (secondary N) is 4. The van der Waals surface area contributed by atoms with Crippen LogP contribution in [0.2, 0.25) is 0 Å². The molecule has 0 radical (unpaired) electrons. The lowest BCUT2D eigenvalue weighted by molar-refractivity contribution is -0.141. The van der Waals surface area contributed by atoms with Crippen molar-refractivity contribution in [2.75, 3.05) is 27.3 Å². The van der Waals surface area contributed by atoms with Gasteiger partial charge in [-0.15, -0.1) is 0 Å². The number of methoxy groups -OCH3 is 2. The number of H-pyrrole nitrogens is 2. The molecule has 2 aliphatic carbocycles. The Hall–Kier alpha value is -6.18. The maximum absolute atomic E-state index is 14.1. The summed E-state index contributed by atoms with van der Waals surface area (Å²) in [5.74, 6) is 2.31. The fourth-order valence-corrected chi connectivity index (χ4v) is 10.1. The Labute approximate surface area is 374 Å². The highest BCUT2D eigenvalue weighted by atomic mass is 16.5. The molecule has 6 atom stereocenters. The first-order chi connectivity index (χ1) is 31.1. The second-order valence-electron chi connectivity index (χ2n) is 18.7. The first-order valence-electron chi connectivity index (χ1n) is 23.1. The molecule has 4 N–H and O–H groups in total. The van der Waals surface area contributed by atoms with E-state index in [0.717, 1.165) is 120 Å². The summed E-state index contributed by atoms with van der Waals surface area (Å²) in [7, 11) is 2.66. The monoisotopic (exact) mass is 868 g/mol. The molecule has 4 aliphatic rings. The van der Waals surface area contributed by atoms with Crippen molar-refractivity contribution in [2.45, 2.75) is 102 Å². The van der Waals surface area contributed by atoms with Crippen LogP contribution in [0.5, 0.6) is 0 Å². The second-order valence-corrected chi connectivity index (χ2v) is 18.7. The molecule has 0 unspecified atom stereocenters. The van der Waals surface area contributed by atoms with Crippen LogP contribution < -0.4 is 10.6 Å². The topological polar surface area (TPSA) is 175 Å². The van der Waals surface area contributed by atoms with Crippen molar-refractivity contribution < 1.29 is 28.7 Å². The van der Waals surface area contributed by atoms with Crippen LogP contribution in [0.15, 0.2) is 73.1 Å². The van der Waals surface area contributed by atoms with E-state index in [9.17, 15) is 19.2 Å². The largest absolute Gasteiger partial charge is 0.453 e. The van der Waals surface area contributed by atoms with Crippen molar-refractivity contribution in [3.63, 3.8) is 0 Å². The number of hydrogen-bond acceptors (Lipinski definition) is 8. The van der Waals surface area contributed by atoms with Gasteiger partial charge >= 0.3 is 12.2 Å². The minimum absolute atomic E-state index is 0.0629. The van der Waals surface area contributed by atoms with Crippen LogP contribution in [0.1, 0.15) is 102 Å². The number of nitrogens with zero attached hydrogens (tertiary/aromatic N) is 4. The van der Waals surface area contributed by atoms with Gasteiger partial charge in [-0.1, -0.05) is 75.2 Å². The number of aromatic nitrogens is 4. The van der Waals surface area contributed by atoms with Crippen molar-refractivity contribution in [3.05, 3.63) is 84.7 Å². The van der Waals surface area contributed by atoms with Crippen LogP contribution in [0.4, 0.5) is 9.59 Å². The first-order valence-corrected chi connectivity index (χ1v) is 23.1. The van der Waals surface area contributed by atoms with E-state index in [1.54, 1.807) is 0 Å². The highest BCUT2D eigenvalue weighted by Gasteiger charge is 2.43. The van der Waals surface area contributed by atoms with Gasteiger partial charge in [-0.2, -0.15) is 0 Å². The summed E-state index contributed by atoms with van der Waals surface area (Å²) in [5, 5.41) is 7.90. The SMILES string of the molecule is COC(=O)N[C@H](C(=O)N1C[C@@H](C)CC[C@H]1c1ncc(-c2ccc(-c3ccc4cc(-c5cnc([C@@H]6CC[C@H](C)CN6C(=O)[C@@H](NC(=O)OC)C6CCC6)[nH]5)ccc4c3)cc2)[nH]1)C1CCC1. The zero-order valence-corrected chi connectivity index (χ0v) is 37.3. The van der Waals surface area contributed by atoms with Gasteiger partial charge in [0.05, 0.1) is 50.1 Å². The molecule has 5 aromatic rings. The number of piperidine rings is 2. The van der Waals surface area contributed by atoms with E-state index >= 15 is 0 Å². The minimum atomic E-state index is -0.604. The van der Waals surface area contributed by atoms with E-state index in [1.165, 1.54) is 14.2 Å². The fraction of sp³-hybridized carbons (Fsp3) is 0.480. The molecule has 336 valence electrons. The van der Waals surface area contributed by atoms with Crippen LogP contribution in [-0.2, 0) is 19.1 Å². The summed E-state index contributed by atoms with van der Waals surface area (Å²) in [5.41, 5.74) is 5.97. The summed E-state index contributed by atoms with van der Waals surface area (Å²) in [6.07, 6.45) is 11.9. The van der Waals surface area contributed by atoms with Gasteiger partial charge in [-0.3, -0.25) is 9.59 Å². The second kappa shape index (κ2) is 18.5. The van der Waals surface area contributed by atoms with Crippen LogP contribution >= 0.6 is 0 Å². The van der Waals surface area contributed by atoms with Crippen LogP contribution in [0, 0.1) is 23.7 Å². The molecule has 14 heteroatoms. The lowest BCUT2D eigenvalue weighted by Gasteiger charge is -2.42. The smallest absolute Gasteiger partial charge is 0.407 e. The molecule has 2 aliphatic heterocycles. The summed E-state index contributed by atoms with van der Waals surface area (Å²) in [4.78, 5) is 73.2. The third-order valence-electron chi connectivity index (χ3n) is 14.4. The van der Waals surface area contributed by atoms with Gasteiger partial charge < -0.3 is 39.9 Å². The Morgan fingerprint density at radius 2 is 1.00 bits per heavy atom. The van der Waals surface area contributed by atoms with Gasteiger partial charge in [0.25, 0.3) is 0 Å². The quantitative estimate of drug-likeness (QED) is 0.102. The van der Waals surface area contributed by atoms with Gasteiger partial charge in [0.2, 0.25) is 11.8 Å². The van der Waals surface area contributed by atoms with Crippen molar-refractivity contribution in [1.29, 1.82) is 0 Å². The van der Waals surface area contributed by atoms with Gasteiger partial charge in [0.1, 0.15) is 23.7 Å². The number of likely N-dealkylation sites (tertiary alicyclic amines) is 2. The highest BCUT2D eigenvalue weighted by Crippen LogP contribution is 2.39. The molecule has 0 bridgehead atoms. The Balaban J connectivity index is 0.883. The van der Waals surface area contributed by atoms with Crippen molar-refractivity contribution in [1.82, 2.24) is 40.4 Å². The molecule has 2 saturated heterocycles. The Morgan fingerprint density at radius 1 is 0.578 bits per heavy atom. The van der Waals surface area contributed by atoms with Crippen molar-refractivity contribution in [3.8, 4) is 33.6 Å². The van der Waals surface area contributed by atoms with Gasteiger partial charge in [0.15, 0.2) is 0 Å². The molecule has 4 amide bonds. The van der Waals surface area contributed by atoms with E-state index in [1.807, 2.05) is 22.2 Å². The molecule has 14 nitrogen and oxygen atoms in total. The van der Waals surface area contributed by atoms with E-state index in [2.05, 4.69) is 95.1 Å². The zero-order valence-electron chi connectivity index (χ0n) is 37.3. The number of ether oxygens (including phenoxy) is 2. The van der Waals surface area contributed by atoms with Crippen LogP contribution in [0.3, 0.4) is 0 Å². The Bertz CT molecular complexity index is 2490.